The Morgan fingerprint density at radius 2 is 1.76 bits per heavy atom. The third-order valence-electron chi connectivity index (χ3n) is 6.91. The minimum absolute atomic E-state index is 0.00254. The molecule has 1 aromatic carbocycles. The number of likely N-dealkylation sites (N-methyl/N-ethyl adjacent to an activating group) is 1. The highest BCUT2D eigenvalue weighted by molar-refractivity contribution is 6.15. The van der Waals surface area contributed by atoms with Gasteiger partial charge >= 0.3 is 18.0 Å². The summed E-state index contributed by atoms with van der Waals surface area (Å²) in [6.07, 6.45) is 1.39. The number of amides is 4. The van der Waals surface area contributed by atoms with Crippen molar-refractivity contribution in [1.29, 1.82) is 0 Å². The Morgan fingerprint density at radius 3 is 2.41 bits per heavy atom. The predicted molar refractivity (Wildman–Crippen MR) is 119 cm³/mol. The number of fused-ring (bicyclic) bond motifs is 1. The number of hydrogen-bond acceptors (Lipinski definition) is 8. The Labute approximate surface area is 197 Å². The average molecular weight is 472 g/mol. The van der Waals surface area contributed by atoms with Crippen molar-refractivity contribution in [2.75, 3.05) is 13.6 Å². The van der Waals surface area contributed by atoms with Gasteiger partial charge in [0.05, 0.1) is 0 Å². The van der Waals surface area contributed by atoms with Crippen LogP contribution >= 0.6 is 0 Å². The number of imide groups is 2. The van der Waals surface area contributed by atoms with E-state index in [1.54, 1.807) is 26.8 Å². The van der Waals surface area contributed by atoms with Gasteiger partial charge in [0.1, 0.15) is 0 Å². The molecule has 2 unspecified atom stereocenters. The van der Waals surface area contributed by atoms with E-state index in [0.717, 1.165) is 22.6 Å². The predicted octanol–water partition coefficient (Wildman–Crippen LogP) is 2.32. The molecule has 0 radical (unpaired) electrons. The first-order chi connectivity index (χ1) is 16.2. The lowest BCUT2D eigenvalue weighted by atomic mass is 9.69. The number of carbonyl (C=O) groups is 5. The molecular weight excluding hydrogens is 442 g/mol. The quantitative estimate of drug-likeness (QED) is 0.394. The summed E-state index contributed by atoms with van der Waals surface area (Å²) in [5, 5.41) is 2.30. The van der Waals surface area contributed by atoms with E-state index in [0.29, 0.717) is 12.8 Å². The topological polar surface area (TPSA) is 122 Å². The third-order valence-corrected chi connectivity index (χ3v) is 6.91. The van der Waals surface area contributed by atoms with E-state index in [2.05, 4.69) is 10.2 Å². The normalized spacial score (nSPS) is 23.5. The molecule has 10 nitrogen and oxygen atoms in total. The number of rotatable bonds is 5. The molecule has 2 aliphatic heterocycles. The van der Waals surface area contributed by atoms with E-state index in [-0.39, 0.29) is 48.8 Å². The summed E-state index contributed by atoms with van der Waals surface area (Å²) in [6, 6.07) is 0.767. The number of esters is 2. The van der Waals surface area contributed by atoms with E-state index in [1.807, 2.05) is 7.05 Å². The standard InChI is InChI=1S/C24H29N3O7/c1-5-16(28)27-23(32)25-22(31)24(27)10-8-14-19-13(9-11-26(14)4)12-15(33-17(29)6-2)21(20(19)24)34-18(30)7-3/h12,14H,5-11H2,1-4H3,(H,25,31,32). The highest BCUT2D eigenvalue weighted by atomic mass is 16.6. The largest absolute Gasteiger partial charge is 0.422 e. The second-order valence-electron chi connectivity index (χ2n) is 8.79. The number of nitrogens with zero attached hydrogens (tertiary/aromatic N) is 2. The second kappa shape index (κ2) is 8.83. The van der Waals surface area contributed by atoms with Gasteiger partial charge < -0.3 is 9.47 Å². The smallest absolute Gasteiger partial charge is 0.332 e. The van der Waals surface area contributed by atoms with Crippen molar-refractivity contribution in [3.8, 4) is 11.5 Å². The van der Waals surface area contributed by atoms with Crippen LogP contribution in [0, 0.1) is 0 Å². The van der Waals surface area contributed by atoms with Gasteiger partial charge in [-0.25, -0.2) is 9.69 Å². The first-order valence-electron chi connectivity index (χ1n) is 11.7. The number of ether oxygens (including phenoxy) is 2. The van der Waals surface area contributed by atoms with Crippen LogP contribution in [0.4, 0.5) is 4.79 Å². The van der Waals surface area contributed by atoms with Gasteiger partial charge in [-0.2, -0.15) is 0 Å². The lowest BCUT2D eigenvalue weighted by Crippen LogP contribution is -2.54. The lowest BCUT2D eigenvalue weighted by Gasteiger charge is -2.47. The van der Waals surface area contributed by atoms with Crippen LogP contribution in [0.1, 0.15) is 75.6 Å². The molecule has 3 aliphatic rings. The number of hydrogen-bond donors (Lipinski definition) is 1. The molecule has 0 bridgehead atoms. The summed E-state index contributed by atoms with van der Waals surface area (Å²) in [5.41, 5.74) is 0.150. The number of carbonyl (C=O) groups excluding carboxylic acids is 5. The Bertz CT molecular complexity index is 1100. The number of benzene rings is 1. The number of nitrogens with one attached hydrogen (secondary N) is 1. The molecule has 4 amide bonds. The van der Waals surface area contributed by atoms with Crippen LogP contribution in [0.3, 0.4) is 0 Å². The molecule has 2 atom stereocenters. The molecule has 0 aromatic heterocycles. The Kier molecular flexibility index (Phi) is 6.20. The molecular formula is C24H29N3O7. The molecule has 2 heterocycles. The third kappa shape index (κ3) is 3.48. The minimum atomic E-state index is -1.69. The van der Waals surface area contributed by atoms with Gasteiger partial charge in [-0.3, -0.25) is 29.4 Å². The van der Waals surface area contributed by atoms with Crippen LogP contribution in [0.25, 0.3) is 0 Å². The maximum absolute atomic E-state index is 13.5. The molecule has 1 spiro atoms. The Morgan fingerprint density at radius 1 is 1.09 bits per heavy atom. The van der Waals surface area contributed by atoms with Crippen molar-refractivity contribution in [3.05, 3.63) is 22.8 Å². The monoisotopic (exact) mass is 471 g/mol. The van der Waals surface area contributed by atoms with Crippen LogP contribution in [-0.4, -0.2) is 53.2 Å². The maximum atomic E-state index is 13.5. The van der Waals surface area contributed by atoms with Crippen molar-refractivity contribution in [1.82, 2.24) is 15.1 Å². The van der Waals surface area contributed by atoms with Crippen LogP contribution < -0.4 is 14.8 Å². The maximum Gasteiger partial charge on any atom is 0.332 e. The molecule has 34 heavy (non-hydrogen) atoms. The molecule has 4 rings (SSSR count). The van der Waals surface area contributed by atoms with Crippen molar-refractivity contribution in [3.63, 3.8) is 0 Å². The highest BCUT2D eigenvalue weighted by Gasteiger charge is 2.61. The van der Waals surface area contributed by atoms with Gasteiger partial charge in [0.15, 0.2) is 17.0 Å². The summed E-state index contributed by atoms with van der Waals surface area (Å²) in [5.74, 6) is -2.37. The van der Waals surface area contributed by atoms with Gasteiger partial charge in [0.25, 0.3) is 5.91 Å². The number of urea groups is 1. The van der Waals surface area contributed by atoms with Crippen LogP contribution in [0.2, 0.25) is 0 Å². The zero-order valence-electron chi connectivity index (χ0n) is 19.9. The second-order valence-corrected chi connectivity index (χ2v) is 8.79. The molecule has 182 valence electrons. The van der Waals surface area contributed by atoms with Crippen molar-refractivity contribution >= 4 is 29.8 Å². The summed E-state index contributed by atoms with van der Waals surface area (Å²) >= 11 is 0. The van der Waals surface area contributed by atoms with Crippen molar-refractivity contribution < 1.29 is 33.4 Å². The van der Waals surface area contributed by atoms with Gasteiger partial charge in [-0.05, 0) is 43.5 Å². The SMILES string of the molecule is CCC(=O)Oc1cc2c3c(c1OC(=O)CC)C1(CCC3N(C)CC2)C(=O)NC(=O)N1C(=O)CC. The van der Waals surface area contributed by atoms with Gasteiger partial charge in [0, 0.05) is 37.4 Å². The van der Waals surface area contributed by atoms with Crippen molar-refractivity contribution in [2.45, 2.75) is 70.9 Å². The van der Waals surface area contributed by atoms with Crippen LogP contribution in [-0.2, 0) is 31.1 Å². The van der Waals surface area contributed by atoms with Gasteiger partial charge in [-0.15, -0.1) is 0 Å². The lowest BCUT2D eigenvalue weighted by molar-refractivity contribution is -0.141. The zero-order valence-corrected chi connectivity index (χ0v) is 19.9. The zero-order chi connectivity index (χ0) is 24.8. The molecule has 1 fully saturated rings. The Hall–Kier alpha value is -3.27. The summed E-state index contributed by atoms with van der Waals surface area (Å²) in [4.78, 5) is 67.2. The first kappa shape index (κ1) is 23.9. The van der Waals surface area contributed by atoms with Gasteiger partial charge in [0.2, 0.25) is 5.91 Å². The summed E-state index contributed by atoms with van der Waals surface area (Å²) in [6.45, 7) is 5.61. The fourth-order valence-corrected chi connectivity index (χ4v) is 5.24. The molecule has 1 aromatic rings. The molecule has 10 heteroatoms. The van der Waals surface area contributed by atoms with E-state index in [1.165, 1.54) is 0 Å². The van der Waals surface area contributed by atoms with Gasteiger partial charge in [-0.1, -0.05) is 20.8 Å². The average Bonchev–Trinajstić information content (AvgIpc) is 3.07. The molecule has 1 aliphatic carbocycles. The summed E-state index contributed by atoms with van der Waals surface area (Å²) < 4.78 is 11.3. The summed E-state index contributed by atoms with van der Waals surface area (Å²) in [7, 11) is 1.97. The van der Waals surface area contributed by atoms with E-state index < -0.39 is 35.3 Å². The van der Waals surface area contributed by atoms with Crippen molar-refractivity contribution in [2.24, 2.45) is 0 Å². The first-order valence-corrected chi connectivity index (χ1v) is 11.7. The molecule has 1 saturated heterocycles. The van der Waals surface area contributed by atoms with Crippen LogP contribution in [0.15, 0.2) is 6.07 Å². The van der Waals surface area contributed by atoms with E-state index >= 15 is 0 Å². The van der Waals surface area contributed by atoms with E-state index in [4.69, 9.17) is 9.47 Å². The Balaban J connectivity index is 2.09. The van der Waals surface area contributed by atoms with E-state index in [9.17, 15) is 24.0 Å². The molecule has 0 saturated carbocycles. The fraction of sp³-hybridized carbons (Fsp3) is 0.542. The molecule has 1 N–H and O–H groups in total. The van der Waals surface area contributed by atoms with Crippen LogP contribution in [0.5, 0.6) is 11.5 Å². The minimum Gasteiger partial charge on any atom is -0.422 e. The fourth-order valence-electron chi connectivity index (χ4n) is 5.24. The highest BCUT2D eigenvalue weighted by Crippen LogP contribution is 2.56.